The normalized spacial score (nSPS) is 25.3. The summed E-state index contributed by atoms with van der Waals surface area (Å²) >= 11 is 0. The second-order valence-corrected chi connectivity index (χ2v) is 7.45. The maximum Gasteiger partial charge on any atom is 0.228 e. The number of carbonyl (C=O) groups excluding carboxylic acids is 2. The summed E-state index contributed by atoms with van der Waals surface area (Å²) < 4.78 is 0. The number of amides is 2. The Balaban J connectivity index is 1.31. The Kier molecular flexibility index (Phi) is 4.70. The van der Waals surface area contributed by atoms with Gasteiger partial charge in [0.1, 0.15) is 0 Å². The van der Waals surface area contributed by atoms with Gasteiger partial charge in [-0.3, -0.25) is 19.5 Å². The van der Waals surface area contributed by atoms with Crippen LogP contribution < -0.4 is 0 Å². The molecule has 0 spiro atoms. The fourth-order valence-electron chi connectivity index (χ4n) is 3.96. The third kappa shape index (κ3) is 3.84. The summed E-state index contributed by atoms with van der Waals surface area (Å²) in [6.45, 7) is 4.87. The molecule has 3 aliphatic rings. The number of rotatable bonds is 4. The molecule has 25 heavy (non-hydrogen) atoms. The first-order chi connectivity index (χ1) is 12.2. The molecule has 1 aromatic rings. The molecule has 1 aliphatic carbocycles. The maximum absolute atomic E-state index is 12.9. The highest BCUT2D eigenvalue weighted by Crippen LogP contribution is 2.33. The monoisotopic (exact) mass is 342 g/mol. The third-order valence-electron chi connectivity index (χ3n) is 5.51. The van der Waals surface area contributed by atoms with E-state index < -0.39 is 0 Å². The molecule has 3 heterocycles. The van der Waals surface area contributed by atoms with Gasteiger partial charge in [0.05, 0.1) is 11.6 Å². The molecule has 0 radical (unpaired) electrons. The van der Waals surface area contributed by atoms with Crippen molar-refractivity contribution in [2.45, 2.75) is 38.3 Å². The molecule has 0 unspecified atom stereocenters. The molecule has 6 heteroatoms. The predicted octanol–water partition coefficient (Wildman–Crippen LogP) is 1.13. The van der Waals surface area contributed by atoms with Crippen LogP contribution in [0.2, 0.25) is 0 Å². The standard InChI is InChI=1S/C19H26N4O2/c24-18-12-15(13-23(18)17-5-6-17)19(25)22-9-3-8-21(10-11-22)14-16-4-1-2-7-20-16/h1-2,4,7,15,17H,3,5-6,8-14H2/t15-/m0/s1. The zero-order valence-corrected chi connectivity index (χ0v) is 14.6. The van der Waals surface area contributed by atoms with Gasteiger partial charge in [-0.2, -0.15) is 0 Å². The number of nitrogens with zero attached hydrogens (tertiary/aromatic N) is 4. The van der Waals surface area contributed by atoms with E-state index in [1.165, 1.54) is 0 Å². The lowest BCUT2D eigenvalue weighted by Crippen LogP contribution is -2.40. The Morgan fingerprint density at radius 3 is 2.80 bits per heavy atom. The van der Waals surface area contributed by atoms with Gasteiger partial charge >= 0.3 is 0 Å². The molecule has 2 amide bonds. The smallest absolute Gasteiger partial charge is 0.228 e. The summed E-state index contributed by atoms with van der Waals surface area (Å²) in [4.78, 5) is 35.7. The maximum atomic E-state index is 12.9. The van der Waals surface area contributed by atoms with E-state index in [1.54, 1.807) is 0 Å². The van der Waals surface area contributed by atoms with E-state index >= 15 is 0 Å². The van der Waals surface area contributed by atoms with Crippen molar-refractivity contribution < 1.29 is 9.59 Å². The zero-order chi connectivity index (χ0) is 17.2. The van der Waals surface area contributed by atoms with Crippen molar-refractivity contribution in [2.24, 2.45) is 5.92 Å². The number of hydrogen-bond acceptors (Lipinski definition) is 4. The predicted molar refractivity (Wildman–Crippen MR) is 93.6 cm³/mol. The highest BCUT2D eigenvalue weighted by Gasteiger charge is 2.42. The minimum absolute atomic E-state index is 0.129. The van der Waals surface area contributed by atoms with Gasteiger partial charge in [0.25, 0.3) is 0 Å². The first-order valence-corrected chi connectivity index (χ1v) is 9.41. The summed E-state index contributed by atoms with van der Waals surface area (Å²) in [5, 5.41) is 0. The molecular formula is C19H26N4O2. The van der Waals surface area contributed by atoms with Crippen LogP contribution in [-0.4, -0.2) is 70.3 Å². The fraction of sp³-hybridized carbons (Fsp3) is 0.632. The molecule has 0 bridgehead atoms. The summed E-state index contributed by atoms with van der Waals surface area (Å²) in [7, 11) is 0. The van der Waals surface area contributed by atoms with Gasteiger partial charge in [0, 0.05) is 57.9 Å². The summed E-state index contributed by atoms with van der Waals surface area (Å²) in [5.41, 5.74) is 1.07. The average Bonchev–Trinajstić information content (AvgIpc) is 3.42. The molecule has 2 saturated heterocycles. The fourth-order valence-corrected chi connectivity index (χ4v) is 3.96. The second kappa shape index (κ2) is 7.12. The molecule has 0 aromatic carbocycles. The molecule has 6 nitrogen and oxygen atoms in total. The van der Waals surface area contributed by atoms with Gasteiger partial charge in [-0.1, -0.05) is 6.07 Å². The Labute approximate surface area is 148 Å². The van der Waals surface area contributed by atoms with Crippen molar-refractivity contribution in [3.05, 3.63) is 30.1 Å². The van der Waals surface area contributed by atoms with Crippen molar-refractivity contribution in [2.75, 3.05) is 32.7 Å². The van der Waals surface area contributed by atoms with Crippen molar-refractivity contribution >= 4 is 11.8 Å². The Hall–Kier alpha value is -1.95. The van der Waals surface area contributed by atoms with Crippen LogP contribution in [0.15, 0.2) is 24.4 Å². The molecule has 1 saturated carbocycles. The molecule has 134 valence electrons. The second-order valence-electron chi connectivity index (χ2n) is 7.45. The van der Waals surface area contributed by atoms with E-state index in [0.717, 1.165) is 57.7 Å². The van der Waals surface area contributed by atoms with Gasteiger partial charge in [-0.25, -0.2) is 0 Å². The van der Waals surface area contributed by atoms with Gasteiger partial charge in [-0.15, -0.1) is 0 Å². The quantitative estimate of drug-likeness (QED) is 0.823. The van der Waals surface area contributed by atoms with Crippen LogP contribution in [0.3, 0.4) is 0 Å². The summed E-state index contributed by atoms with van der Waals surface area (Å²) in [6, 6.07) is 6.41. The van der Waals surface area contributed by atoms with Gasteiger partial charge < -0.3 is 9.80 Å². The topological polar surface area (TPSA) is 56.8 Å². The van der Waals surface area contributed by atoms with Gasteiger partial charge in [-0.05, 0) is 31.4 Å². The largest absolute Gasteiger partial charge is 0.341 e. The van der Waals surface area contributed by atoms with Crippen LogP contribution >= 0.6 is 0 Å². The van der Waals surface area contributed by atoms with E-state index in [4.69, 9.17) is 0 Å². The van der Waals surface area contributed by atoms with Crippen LogP contribution in [0.25, 0.3) is 0 Å². The van der Waals surface area contributed by atoms with Crippen molar-refractivity contribution in [1.82, 2.24) is 19.7 Å². The zero-order valence-electron chi connectivity index (χ0n) is 14.6. The molecule has 0 N–H and O–H groups in total. The molecule has 3 fully saturated rings. The van der Waals surface area contributed by atoms with E-state index in [0.29, 0.717) is 19.0 Å². The number of aromatic nitrogens is 1. The first kappa shape index (κ1) is 16.5. The highest BCUT2D eigenvalue weighted by molar-refractivity contribution is 5.89. The Morgan fingerprint density at radius 2 is 2.04 bits per heavy atom. The Morgan fingerprint density at radius 1 is 1.16 bits per heavy atom. The number of hydrogen-bond donors (Lipinski definition) is 0. The van der Waals surface area contributed by atoms with Crippen molar-refractivity contribution in [3.8, 4) is 0 Å². The lowest BCUT2D eigenvalue weighted by molar-refractivity contribution is -0.135. The average molecular weight is 342 g/mol. The highest BCUT2D eigenvalue weighted by atomic mass is 16.2. The first-order valence-electron chi connectivity index (χ1n) is 9.41. The molecule has 1 atom stereocenters. The van der Waals surface area contributed by atoms with Crippen molar-refractivity contribution in [3.63, 3.8) is 0 Å². The van der Waals surface area contributed by atoms with Crippen LogP contribution in [0.1, 0.15) is 31.4 Å². The number of pyridine rings is 1. The lowest BCUT2D eigenvalue weighted by atomic mass is 10.1. The van der Waals surface area contributed by atoms with E-state index in [-0.39, 0.29) is 17.7 Å². The van der Waals surface area contributed by atoms with Crippen LogP contribution in [0, 0.1) is 5.92 Å². The number of likely N-dealkylation sites (tertiary alicyclic amines) is 1. The summed E-state index contributed by atoms with van der Waals surface area (Å²) in [6.07, 6.45) is 5.43. The minimum Gasteiger partial charge on any atom is -0.341 e. The van der Waals surface area contributed by atoms with E-state index in [2.05, 4.69) is 9.88 Å². The SMILES string of the molecule is O=C([C@H]1CC(=O)N(C2CC2)C1)N1CCCN(Cc2ccccn2)CC1. The minimum atomic E-state index is -0.129. The molecule has 2 aliphatic heterocycles. The lowest BCUT2D eigenvalue weighted by Gasteiger charge is -2.24. The van der Waals surface area contributed by atoms with Gasteiger partial charge in [0.15, 0.2) is 0 Å². The van der Waals surface area contributed by atoms with Crippen LogP contribution in [0.5, 0.6) is 0 Å². The van der Waals surface area contributed by atoms with E-state index in [1.807, 2.05) is 34.2 Å². The number of carbonyl (C=O) groups is 2. The van der Waals surface area contributed by atoms with Crippen molar-refractivity contribution in [1.29, 1.82) is 0 Å². The van der Waals surface area contributed by atoms with Crippen LogP contribution in [-0.2, 0) is 16.1 Å². The van der Waals surface area contributed by atoms with E-state index in [9.17, 15) is 9.59 Å². The van der Waals surface area contributed by atoms with Gasteiger partial charge in [0.2, 0.25) is 11.8 Å². The molecular weight excluding hydrogens is 316 g/mol. The van der Waals surface area contributed by atoms with Crippen LogP contribution in [0.4, 0.5) is 0 Å². The molecule has 1 aromatic heterocycles. The summed E-state index contributed by atoms with van der Waals surface area (Å²) in [5.74, 6) is 0.221. The Bertz CT molecular complexity index is 632. The third-order valence-corrected chi connectivity index (χ3v) is 5.51. The molecule has 4 rings (SSSR count).